The predicted octanol–water partition coefficient (Wildman–Crippen LogP) is 0.739. The van der Waals surface area contributed by atoms with Gasteiger partial charge in [0.05, 0.1) is 0 Å². The molecule has 0 spiro atoms. The number of aromatic nitrogens is 1. The molecular formula is C10H18N4O2S2. The standard InChI is InChI=1S/C10H18N4O2S2/c1-8(7-17-3)14(2)18(15,16)9-5-4-6-12-10(9)13-11/h4-6,8H,7,11H2,1-3H3,(H,12,13). The number of sulfonamides is 1. The SMILES string of the molecule is CSCC(C)N(C)S(=O)(=O)c1cccnc1NN. The molecule has 0 amide bonds. The third-order valence-electron chi connectivity index (χ3n) is 2.59. The van der Waals surface area contributed by atoms with Crippen LogP contribution in [0, 0.1) is 0 Å². The molecule has 0 radical (unpaired) electrons. The first-order valence-corrected chi connectivity index (χ1v) is 8.17. The van der Waals surface area contributed by atoms with Crippen LogP contribution in [0.2, 0.25) is 0 Å². The first-order valence-electron chi connectivity index (χ1n) is 5.33. The van der Waals surface area contributed by atoms with Crippen LogP contribution < -0.4 is 11.3 Å². The molecule has 8 heteroatoms. The van der Waals surface area contributed by atoms with Gasteiger partial charge in [-0.05, 0) is 25.3 Å². The number of rotatable bonds is 6. The van der Waals surface area contributed by atoms with E-state index in [0.717, 1.165) is 5.75 Å². The summed E-state index contributed by atoms with van der Waals surface area (Å²) >= 11 is 1.60. The molecule has 0 aliphatic carbocycles. The quantitative estimate of drug-likeness (QED) is 0.593. The summed E-state index contributed by atoms with van der Waals surface area (Å²) in [4.78, 5) is 3.99. The molecule has 0 saturated heterocycles. The zero-order chi connectivity index (χ0) is 13.8. The van der Waals surface area contributed by atoms with E-state index in [-0.39, 0.29) is 16.8 Å². The first-order chi connectivity index (χ1) is 8.45. The van der Waals surface area contributed by atoms with Crippen LogP contribution in [0.25, 0.3) is 0 Å². The van der Waals surface area contributed by atoms with Crippen molar-refractivity contribution >= 4 is 27.6 Å². The maximum absolute atomic E-state index is 12.4. The summed E-state index contributed by atoms with van der Waals surface area (Å²) < 4.78 is 26.2. The molecule has 0 aromatic carbocycles. The van der Waals surface area contributed by atoms with Crippen molar-refractivity contribution in [1.82, 2.24) is 9.29 Å². The second kappa shape index (κ2) is 6.37. The fraction of sp³-hybridized carbons (Fsp3) is 0.500. The summed E-state index contributed by atoms with van der Waals surface area (Å²) in [5.41, 5.74) is 2.31. The Balaban J connectivity index is 3.13. The number of hydrazine groups is 1. The van der Waals surface area contributed by atoms with E-state index in [1.54, 1.807) is 24.9 Å². The summed E-state index contributed by atoms with van der Waals surface area (Å²) in [6.07, 6.45) is 3.42. The van der Waals surface area contributed by atoms with Gasteiger partial charge >= 0.3 is 0 Å². The fourth-order valence-electron chi connectivity index (χ4n) is 1.45. The molecule has 0 fully saturated rings. The van der Waals surface area contributed by atoms with Crippen LogP contribution in [0.5, 0.6) is 0 Å². The maximum atomic E-state index is 12.4. The number of nitrogens with two attached hydrogens (primary N) is 1. The van der Waals surface area contributed by atoms with Crippen LogP contribution in [-0.4, -0.2) is 42.8 Å². The zero-order valence-corrected chi connectivity index (χ0v) is 12.3. The topological polar surface area (TPSA) is 88.3 Å². The Hall–Kier alpha value is -0.830. The van der Waals surface area contributed by atoms with Crippen LogP contribution in [-0.2, 0) is 10.0 Å². The van der Waals surface area contributed by atoms with Crippen LogP contribution in [0.3, 0.4) is 0 Å². The van der Waals surface area contributed by atoms with Gasteiger partial charge in [-0.1, -0.05) is 0 Å². The number of anilines is 1. The molecule has 1 atom stereocenters. The largest absolute Gasteiger partial charge is 0.307 e. The van der Waals surface area contributed by atoms with Gasteiger partial charge in [-0.3, -0.25) is 0 Å². The van der Waals surface area contributed by atoms with Crippen LogP contribution >= 0.6 is 11.8 Å². The molecule has 1 heterocycles. The number of nitrogens with zero attached hydrogens (tertiary/aromatic N) is 2. The van der Waals surface area contributed by atoms with E-state index in [4.69, 9.17) is 5.84 Å². The first kappa shape index (κ1) is 15.2. The van der Waals surface area contributed by atoms with Crippen molar-refractivity contribution < 1.29 is 8.42 Å². The van der Waals surface area contributed by atoms with Gasteiger partial charge < -0.3 is 5.43 Å². The Labute approximate surface area is 112 Å². The van der Waals surface area contributed by atoms with E-state index in [9.17, 15) is 8.42 Å². The summed E-state index contributed by atoms with van der Waals surface area (Å²) in [7, 11) is -2.03. The Bertz CT molecular complexity index is 492. The van der Waals surface area contributed by atoms with Crippen molar-refractivity contribution in [1.29, 1.82) is 0 Å². The highest BCUT2D eigenvalue weighted by atomic mass is 32.2. The highest BCUT2D eigenvalue weighted by molar-refractivity contribution is 7.98. The number of hydrogen-bond acceptors (Lipinski definition) is 6. The fourth-order valence-corrected chi connectivity index (χ4v) is 3.71. The molecule has 1 aromatic rings. The van der Waals surface area contributed by atoms with Crippen LogP contribution in [0.15, 0.2) is 23.2 Å². The van der Waals surface area contributed by atoms with Gasteiger partial charge in [0.25, 0.3) is 0 Å². The molecule has 0 aliphatic heterocycles. The van der Waals surface area contributed by atoms with E-state index in [1.165, 1.54) is 16.6 Å². The molecule has 3 N–H and O–H groups in total. The molecule has 1 aromatic heterocycles. The van der Waals surface area contributed by atoms with Crippen molar-refractivity contribution in [2.75, 3.05) is 24.5 Å². The Morgan fingerprint density at radius 1 is 1.61 bits per heavy atom. The Kier molecular flexibility index (Phi) is 5.39. The summed E-state index contributed by atoms with van der Waals surface area (Å²) in [6, 6.07) is 2.96. The third kappa shape index (κ3) is 3.14. The molecule has 1 rings (SSSR count). The number of nitrogens with one attached hydrogen (secondary N) is 1. The average Bonchev–Trinajstić information content (AvgIpc) is 2.38. The van der Waals surface area contributed by atoms with Crippen molar-refractivity contribution in [2.24, 2.45) is 5.84 Å². The van der Waals surface area contributed by atoms with Crippen molar-refractivity contribution in [2.45, 2.75) is 17.9 Å². The van der Waals surface area contributed by atoms with Gasteiger partial charge in [0.2, 0.25) is 10.0 Å². The minimum atomic E-state index is -3.59. The lowest BCUT2D eigenvalue weighted by atomic mass is 10.4. The monoisotopic (exact) mass is 290 g/mol. The van der Waals surface area contributed by atoms with E-state index in [0.29, 0.717) is 0 Å². The van der Waals surface area contributed by atoms with Crippen molar-refractivity contribution in [3.05, 3.63) is 18.3 Å². The van der Waals surface area contributed by atoms with Gasteiger partial charge in [-0.2, -0.15) is 16.1 Å². The molecule has 0 bridgehead atoms. The molecule has 18 heavy (non-hydrogen) atoms. The highest BCUT2D eigenvalue weighted by Crippen LogP contribution is 2.22. The smallest absolute Gasteiger partial charge is 0.246 e. The van der Waals surface area contributed by atoms with E-state index >= 15 is 0 Å². The van der Waals surface area contributed by atoms with Gasteiger partial charge in [-0.15, -0.1) is 0 Å². The molecule has 1 unspecified atom stereocenters. The van der Waals surface area contributed by atoms with Gasteiger partial charge in [0, 0.05) is 25.0 Å². The number of hydrogen-bond donors (Lipinski definition) is 2. The third-order valence-corrected chi connectivity index (χ3v) is 5.41. The summed E-state index contributed by atoms with van der Waals surface area (Å²) in [5.74, 6) is 6.16. The van der Waals surface area contributed by atoms with Crippen molar-refractivity contribution in [3.8, 4) is 0 Å². The predicted molar refractivity (Wildman–Crippen MR) is 74.8 cm³/mol. The molecule has 102 valence electrons. The number of nitrogen functional groups attached to an aromatic ring is 1. The minimum Gasteiger partial charge on any atom is -0.307 e. The van der Waals surface area contributed by atoms with Crippen molar-refractivity contribution in [3.63, 3.8) is 0 Å². The summed E-state index contributed by atoms with van der Waals surface area (Å²) in [6.45, 7) is 1.86. The van der Waals surface area contributed by atoms with E-state index in [1.807, 2.05) is 13.2 Å². The lowest BCUT2D eigenvalue weighted by molar-refractivity contribution is 0.415. The lowest BCUT2D eigenvalue weighted by Crippen LogP contribution is -2.37. The second-order valence-corrected chi connectivity index (χ2v) is 6.70. The summed E-state index contributed by atoms with van der Waals surface area (Å²) in [5, 5.41) is 0. The Morgan fingerprint density at radius 3 is 2.83 bits per heavy atom. The molecular weight excluding hydrogens is 272 g/mol. The zero-order valence-electron chi connectivity index (χ0n) is 10.6. The average molecular weight is 290 g/mol. The van der Waals surface area contributed by atoms with Gasteiger partial charge in [0.15, 0.2) is 5.82 Å². The van der Waals surface area contributed by atoms with E-state index < -0.39 is 10.0 Å². The number of thioether (sulfide) groups is 1. The molecule has 0 aliphatic rings. The van der Waals surface area contributed by atoms with Crippen LogP contribution in [0.4, 0.5) is 5.82 Å². The van der Waals surface area contributed by atoms with Crippen LogP contribution in [0.1, 0.15) is 6.92 Å². The highest BCUT2D eigenvalue weighted by Gasteiger charge is 2.27. The van der Waals surface area contributed by atoms with Gasteiger partial charge in [0.1, 0.15) is 4.90 Å². The normalized spacial score (nSPS) is 13.6. The molecule has 0 saturated carbocycles. The maximum Gasteiger partial charge on any atom is 0.246 e. The van der Waals surface area contributed by atoms with Gasteiger partial charge in [-0.25, -0.2) is 19.2 Å². The Morgan fingerprint density at radius 2 is 2.28 bits per heavy atom. The van der Waals surface area contributed by atoms with E-state index in [2.05, 4.69) is 10.4 Å². The minimum absolute atomic E-state index is 0.0861. The lowest BCUT2D eigenvalue weighted by Gasteiger charge is -2.24. The number of pyridine rings is 1. The second-order valence-electron chi connectivity index (χ2n) is 3.82. The molecule has 6 nitrogen and oxygen atoms in total.